The number of carbonyl (C=O) groups excluding carboxylic acids is 1. The molecule has 0 aromatic heterocycles. The molecule has 1 aliphatic carbocycles. The van der Waals surface area contributed by atoms with E-state index in [9.17, 15) is 4.79 Å². The maximum atomic E-state index is 13.0. The van der Waals surface area contributed by atoms with E-state index in [-0.39, 0.29) is 5.41 Å². The fourth-order valence-corrected chi connectivity index (χ4v) is 4.28. The molecule has 1 spiro atoms. The van der Waals surface area contributed by atoms with Crippen molar-refractivity contribution in [2.75, 3.05) is 6.54 Å². The summed E-state index contributed by atoms with van der Waals surface area (Å²) < 4.78 is 0. The number of rotatable bonds is 3. The molecule has 2 nitrogen and oxygen atoms in total. The number of likely N-dealkylation sites (tertiary alicyclic amines) is 1. The van der Waals surface area contributed by atoms with Crippen molar-refractivity contribution in [1.29, 1.82) is 0 Å². The van der Waals surface area contributed by atoms with E-state index in [1.54, 1.807) is 0 Å². The third kappa shape index (κ3) is 2.93. The summed E-state index contributed by atoms with van der Waals surface area (Å²) in [5.74, 6) is 2.01. The second-order valence-electron chi connectivity index (χ2n) is 7.82. The van der Waals surface area contributed by atoms with Crippen molar-refractivity contribution in [3.8, 4) is 0 Å². The molecule has 2 fully saturated rings. The number of aryl methyl sites for hydroxylation is 1. The van der Waals surface area contributed by atoms with Crippen LogP contribution in [0.15, 0.2) is 24.3 Å². The average Bonchev–Trinajstić information content (AvgIpc) is 2.80. The molecule has 1 aromatic carbocycles. The highest BCUT2D eigenvalue weighted by Crippen LogP contribution is 2.48. The highest BCUT2D eigenvalue weighted by atomic mass is 16.2. The van der Waals surface area contributed by atoms with E-state index in [0.29, 0.717) is 5.91 Å². The van der Waals surface area contributed by atoms with Gasteiger partial charge in [-0.05, 0) is 56.4 Å². The SMILES string of the molecule is Cc1ccc(CN2CCC3(CCC(C(C)C)CC3)C2=O)cc1. The second kappa shape index (κ2) is 6.06. The molecule has 22 heavy (non-hydrogen) atoms. The fourth-order valence-electron chi connectivity index (χ4n) is 4.28. The highest BCUT2D eigenvalue weighted by Gasteiger charge is 2.48. The first-order valence-corrected chi connectivity index (χ1v) is 8.85. The molecule has 0 N–H and O–H groups in total. The summed E-state index contributed by atoms with van der Waals surface area (Å²) in [5, 5.41) is 0. The van der Waals surface area contributed by atoms with Gasteiger partial charge in [0.2, 0.25) is 5.91 Å². The summed E-state index contributed by atoms with van der Waals surface area (Å²) in [5.41, 5.74) is 2.52. The van der Waals surface area contributed by atoms with Gasteiger partial charge in [-0.1, -0.05) is 43.7 Å². The van der Waals surface area contributed by atoms with Crippen molar-refractivity contribution in [3.05, 3.63) is 35.4 Å². The number of benzene rings is 1. The molecule has 0 radical (unpaired) electrons. The van der Waals surface area contributed by atoms with Gasteiger partial charge in [-0.15, -0.1) is 0 Å². The molecule has 1 aliphatic heterocycles. The molecule has 3 rings (SSSR count). The lowest BCUT2D eigenvalue weighted by Gasteiger charge is -2.37. The molecule has 120 valence electrons. The van der Waals surface area contributed by atoms with E-state index in [4.69, 9.17) is 0 Å². The molecule has 1 aromatic rings. The van der Waals surface area contributed by atoms with Crippen molar-refractivity contribution in [1.82, 2.24) is 4.90 Å². The zero-order chi connectivity index (χ0) is 15.7. The number of carbonyl (C=O) groups is 1. The third-order valence-corrected chi connectivity index (χ3v) is 6.03. The quantitative estimate of drug-likeness (QED) is 0.801. The predicted molar refractivity (Wildman–Crippen MR) is 90.4 cm³/mol. The van der Waals surface area contributed by atoms with Crippen LogP contribution in [0.4, 0.5) is 0 Å². The minimum atomic E-state index is -0.0178. The normalized spacial score (nSPS) is 28.8. The van der Waals surface area contributed by atoms with Gasteiger partial charge in [0.25, 0.3) is 0 Å². The van der Waals surface area contributed by atoms with Crippen LogP contribution in [0.25, 0.3) is 0 Å². The van der Waals surface area contributed by atoms with Gasteiger partial charge in [0, 0.05) is 13.1 Å². The molecular formula is C20H29NO. The van der Waals surface area contributed by atoms with Crippen LogP contribution in [0.3, 0.4) is 0 Å². The molecule has 1 saturated heterocycles. The monoisotopic (exact) mass is 299 g/mol. The third-order valence-electron chi connectivity index (χ3n) is 6.03. The Balaban J connectivity index is 1.64. The van der Waals surface area contributed by atoms with Crippen molar-refractivity contribution >= 4 is 5.91 Å². The van der Waals surface area contributed by atoms with Crippen LogP contribution in [-0.4, -0.2) is 17.4 Å². The van der Waals surface area contributed by atoms with E-state index >= 15 is 0 Å². The van der Waals surface area contributed by atoms with Crippen LogP contribution in [0.1, 0.15) is 57.1 Å². The average molecular weight is 299 g/mol. The Kier molecular flexibility index (Phi) is 4.29. The van der Waals surface area contributed by atoms with Crippen LogP contribution in [0, 0.1) is 24.2 Å². The Morgan fingerprint density at radius 3 is 2.36 bits per heavy atom. The van der Waals surface area contributed by atoms with Crippen molar-refractivity contribution in [3.63, 3.8) is 0 Å². The van der Waals surface area contributed by atoms with Crippen LogP contribution >= 0.6 is 0 Å². The standard InChI is InChI=1S/C20H29NO/c1-15(2)18-8-10-20(11-9-18)12-13-21(19(20)22)14-17-6-4-16(3)5-7-17/h4-7,15,18H,8-14H2,1-3H3. The maximum absolute atomic E-state index is 13.0. The summed E-state index contributed by atoms with van der Waals surface area (Å²) in [4.78, 5) is 15.1. The van der Waals surface area contributed by atoms with Crippen LogP contribution in [0.2, 0.25) is 0 Å². The zero-order valence-electron chi connectivity index (χ0n) is 14.3. The van der Waals surface area contributed by atoms with Gasteiger partial charge < -0.3 is 4.90 Å². The Labute approximate surface area is 134 Å². The van der Waals surface area contributed by atoms with Crippen molar-refractivity contribution in [2.45, 2.75) is 59.4 Å². The Bertz CT molecular complexity index is 523. The first kappa shape index (κ1) is 15.6. The van der Waals surface area contributed by atoms with Gasteiger partial charge in [0.05, 0.1) is 5.41 Å². The largest absolute Gasteiger partial charge is 0.338 e. The maximum Gasteiger partial charge on any atom is 0.229 e. The number of hydrogen-bond donors (Lipinski definition) is 0. The molecule has 1 amide bonds. The highest BCUT2D eigenvalue weighted by molar-refractivity contribution is 5.85. The van der Waals surface area contributed by atoms with E-state index in [1.807, 2.05) is 0 Å². The minimum absolute atomic E-state index is 0.0178. The lowest BCUT2D eigenvalue weighted by molar-refractivity contribution is -0.138. The van der Waals surface area contributed by atoms with Crippen LogP contribution in [-0.2, 0) is 11.3 Å². The zero-order valence-corrected chi connectivity index (χ0v) is 14.3. The van der Waals surface area contributed by atoms with E-state index < -0.39 is 0 Å². The fraction of sp³-hybridized carbons (Fsp3) is 0.650. The van der Waals surface area contributed by atoms with Crippen LogP contribution in [0.5, 0.6) is 0 Å². The Morgan fingerprint density at radius 1 is 1.14 bits per heavy atom. The van der Waals surface area contributed by atoms with Gasteiger partial charge in [-0.25, -0.2) is 0 Å². The molecule has 2 aliphatic rings. The van der Waals surface area contributed by atoms with Gasteiger partial charge in [0.15, 0.2) is 0 Å². The molecule has 1 heterocycles. The van der Waals surface area contributed by atoms with Gasteiger partial charge in [-0.3, -0.25) is 4.79 Å². The predicted octanol–water partition coefficient (Wildman–Crippen LogP) is 4.56. The second-order valence-corrected chi connectivity index (χ2v) is 7.82. The minimum Gasteiger partial charge on any atom is -0.338 e. The summed E-state index contributed by atoms with van der Waals surface area (Å²) in [6.07, 6.45) is 5.77. The Morgan fingerprint density at radius 2 is 1.77 bits per heavy atom. The molecule has 2 heteroatoms. The van der Waals surface area contributed by atoms with E-state index in [1.165, 1.54) is 24.0 Å². The first-order valence-electron chi connectivity index (χ1n) is 8.85. The summed E-state index contributed by atoms with van der Waals surface area (Å²) in [6.45, 7) is 8.48. The lowest BCUT2D eigenvalue weighted by Crippen LogP contribution is -2.37. The molecular weight excluding hydrogens is 270 g/mol. The van der Waals surface area contributed by atoms with Crippen LogP contribution < -0.4 is 0 Å². The topological polar surface area (TPSA) is 20.3 Å². The van der Waals surface area contributed by atoms with Gasteiger partial charge >= 0.3 is 0 Å². The Hall–Kier alpha value is -1.31. The number of nitrogens with zero attached hydrogens (tertiary/aromatic N) is 1. The van der Waals surface area contributed by atoms with Crippen molar-refractivity contribution in [2.24, 2.45) is 17.3 Å². The lowest BCUT2D eigenvalue weighted by atomic mass is 9.67. The van der Waals surface area contributed by atoms with E-state index in [0.717, 1.165) is 44.2 Å². The number of amides is 1. The summed E-state index contributed by atoms with van der Waals surface area (Å²) in [7, 11) is 0. The summed E-state index contributed by atoms with van der Waals surface area (Å²) >= 11 is 0. The smallest absolute Gasteiger partial charge is 0.229 e. The van der Waals surface area contributed by atoms with Crippen molar-refractivity contribution < 1.29 is 4.79 Å². The number of hydrogen-bond acceptors (Lipinski definition) is 1. The molecule has 0 bridgehead atoms. The first-order chi connectivity index (χ1) is 10.5. The molecule has 1 saturated carbocycles. The van der Waals surface area contributed by atoms with E-state index in [2.05, 4.69) is 49.9 Å². The molecule has 0 unspecified atom stereocenters. The van der Waals surface area contributed by atoms with Gasteiger partial charge in [-0.2, -0.15) is 0 Å². The van der Waals surface area contributed by atoms with Gasteiger partial charge in [0.1, 0.15) is 0 Å². The molecule has 0 atom stereocenters. The summed E-state index contributed by atoms with van der Waals surface area (Å²) in [6, 6.07) is 8.59.